The van der Waals surface area contributed by atoms with Crippen LogP contribution < -0.4 is 0 Å². The molecule has 0 aromatic carbocycles. The lowest BCUT2D eigenvalue weighted by molar-refractivity contribution is -0.116. The van der Waals surface area contributed by atoms with Gasteiger partial charge in [0.15, 0.2) is 5.76 Å². The molecule has 0 fully saturated rings. The summed E-state index contributed by atoms with van der Waals surface area (Å²) in [6, 6.07) is 0. The molecule has 0 spiro atoms. The normalized spacial score (nSPS) is 18.5. The second kappa shape index (κ2) is 1.78. The Labute approximate surface area is 46.4 Å². The molecule has 1 heterocycles. The molecule has 8 heavy (non-hydrogen) atoms. The van der Waals surface area contributed by atoms with Crippen LogP contribution in [0.4, 0.5) is 0 Å². The lowest BCUT2D eigenvalue weighted by Crippen LogP contribution is -2.04. The quantitative estimate of drug-likeness (QED) is 0.487. The summed E-state index contributed by atoms with van der Waals surface area (Å²) >= 11 is 0. The number of rotatable bonds is 0. The van der Waals surface area contributed by atoms with E-state index in [1.54, 1.807) is 0 Å². The number of carbonyl (C=O) groups is 1. The Balaban J connectivity index is 2.80. The maximum absolute atomic E-state index is 10.4. The number of hydrogen-bond donors (Lipinski definition) is 1. The van der Waals surface area contributed by atoms with E-state index in [-0.39, 0.29) is 18.0 Å². The zero-order valence-corrected chi connectivity index (χ0v) is 4.09. The van der Waals surface area contributed by atoms with Crippen molar-refractivity contribution < 1.29 is 9.90 Å². The second-order valence-electron chi connectivity index (χ2n) is 1.40. The molecule has 0 aromatic rings. The predicted octanol–water partition coefficient (Wildman–Crippen LogP) is 0.306. The van der Waals surface area contributed by atoms with E-state index >= 15 is 0 Å². The van der Waals surface area contributed by atoms with Gasteiger partial charge >= 0.3 is 0 Å². The fraction of sp³-hybridized carbons (Fsp3) is 0.200. The summed E-state index contributed by atoms with van der Waals surface area (Å²) < 4.78 is 0. The van der Waals surface area contributed by atoms with Gasteiger partial charge in [0.1, 0.15) is 0 Å². The third kappa shape index (κ3) is 0.753. The van der Waals surface area contributed by atoms with Crippen LogP contribution >= 0.6 is 0 Å². The minimum Gasteiger partial charge on any atom is -0.503 e. The molecule has 0 unspecified atom stereocenters. The average molecular weight is 110 g/mol. The largest absolute Gasteiger partial charge is 0.503 e. The Morgan fingerprint density at radius 1 is 1.88 bits per heavy atom. The van der Waals surface area contributed by atoms with E-state index in [1.807, 2.05) is 0 Å². The first-order chi connectivity index (χ1) is 3.80. The van der Waals surface area contributed by atoms with Crippen molar-refractivity contribution in [3.63, 3.8) is 0 Å². The maximum Gasteiger partial charge on any atom is 0.204 e. The standard InChI is InChI=1S/C5H4NO2/c7-4-1-2-6-3-5(4)8/h3,8H,1H2. The molecule has 0 aromatic heterocycles. The van der Waals surface area contributed by atoms with Crippen LogP contribution in [0.25, 0.3) is 0 Å². The second-order valence-corrected chi connectivity index (χ2v) is 1.40. The van der Waals surface area contributed by atoms with E-state index in [0.717, 1.165) is 6.20 Å². The fourth-order valence-electron chi connectivity index (χ4n) is 0.387. The van der Waals surface area contributed by atoms with Crippen molar-refractivity contribution in [2.24, 2.45) is 4.99 Å². The summed E-state index contributed by atoms with van der Waals surface area (Å²) in [4.78, 5) is 13.8. The Kier molecular flexibility index (Phi) is 1.12. The zero-order valence-electron chi connectivity index (χ0n) is 4.09. The van der Waals surface area contributed by atoms with Crippen molar-refractivity contribution in [2.45, 2.75) is 6.42 Å². The molecule has 3 nitrogen and oxygen atoms in total. The molecule has 0 saturated heterocycles. The summed E-state index contributed by atoms with van der Waals surface area (Å²) in [6.07, 6.45) is 3.59. The smallest absolute Gasteiger partial charge is 0.204 e. The molecule has 1 N–H and O–H groups in total. The minimum absolute atomic E-state index is 0.0995. The van der Waals surface area contributed by atoms with Crippen LogP contribution in [0.1, 0.15) is 6.42 Å². The zero-order chi connectivity index (χ0) is 5.98. The van der Waals surface area contributed by atoms with Crippen molar-refractivity contribution in [1.82, 2.24) is 0 Å². The number of carbonyl (C=O) groups excluding carboxylic acids is 1. The fourth-order valence-corrected chi connectivity index (χ4v) is 0.387. The molecule has 0 saturated carbocycles. The van der Waals surface area contributed by atoms with E-state index in [1.165, 1.54) is 0 Å². The average Bonchev–Trinajstić information content (AvgIpc) is 1.77. The third-order valence-electron chi connectivity index (χ3n) is 0.803. The Bertz CT molecular complexity index is 169. The highest BCUT2D eigenvalue weighted by Crippen LogP contribution is 1.98. The number of aliphatic hydroxyl groups excluding tert-OH is 1. The number of Topliss-reactive ketones (excluding diaryl/α,β-unsaturated/α-hetero) is 1. The number of nitrogens with zero attached hydrogens (tertiary/aromatic N) is 1. The van der Waals surface area contributed by atoms with Gasteiger partial charge in [-0.25, -0.2) is 0 Å². The lowest BCUT2D eigenvalue weighted by atomic mass is 10.2. The van der Waals surface area contributed by atoms with E-state index in [0.29, 0.717) is 0 Å². The van der Waals surface area contributed by atoms with Gasteiger partial charge in [0, 0.05) is 0 Å². The Morgan fingerprint density at radius 2 is 2.62 bits per heavy atom. The summed E-state index contributed by atoms with van der Waals surface area (Å²) in [5.41, 5.74) is 0. The van der Waals surface area contributed by atoms with Crippen LogP contribution in [0.3, 0.4) is 0 Å². The first kappa shape index (κ1) is 5.03. The molecule has 0 aliphatic carbocycles. The van der Waals surface area contributed by atoms with Gasteiger partial charge in [-0.1, -0.05) is 0 Å². The Morgan fingerprint density at radius 3 is 3.00 bits per heavy atom. The molecule has 3 heteroatoms. The minimum atomic E-state index is -0.319. The maximum atomic E-state index is 10.4. The monoisotopic (exact) mass is 110 g/mol. The van der Waals surface area contributed by atoms with Gasteiger partial charge in [0.2, 0.25) is 5.78 Å². The molecule has 1 radical (unpaired) electrons. The topological polar surface area (TPSA) is 49.7 Å². The molecule has 1 aliphatic heterocycles. The number of ketones is 1. The van der Waals surface area contributed by atoms with Crippen molar-refractivity contribution in [3.8, 4) is 0 Å². The van der Waals surface area contributed by atoms with E-state index in [9.17, 15) is 4.79 Å². The van der Waals surface area contributed by atoms with Crippen molar-refractivity contribution in [2.75, 3.05) is 0 Å². The highest BCUT2D eigenvalue weighted by atomic mass is 16.3. The first-order valence-corrected chi connectivity index (χ1v) is 2.16. The molecule has 0 amide bonds. The molecular weight excluding hydrogens is 106 g/mol. The Hall–Kier alpha value is -1.12. The highest BCUT2D eigenvalue weighted by molar-refractivity contribution is 6.03. The molecule has 1 rings (SSSR count). The van der Waals surface area contributed by atoms with Crippen LogP contribution in [-0.4, -0.2) is 17.1 Å². The molecule has 41 valence electrons. The number of aliphatic imine (C=N–C) groups is 1. The van der Waals surface area contributed by atoms with Crippen LogP contribution in [0.5, 0.6) is 0 Å². The summed E-state index contributed by atoms with van der Waals surface area (Å²) in [5.74, 6) is -0.594. The van der Waals surface area contributed by atoms with Crippen molar-refractivity contribution in [3.05, 3.63) is 12.0 Å². The predicted molar refractivity (Wildman–Crippen MR) is 27.8 cm³/mol. The summed E-state index contributed by atoms with van der Waals surface area (Å²) in [6.45, 7) is 0. The molecule has 1 aliphatic rings. The van der Waals surface area contributed by atoms with Gasteiger partial charge in [-0.2, -0.15) is 0 Å². The first-order valence-electron chi connectivity index (χ1n) is 2.16. The number of hydrogen-bond acceptors (Lipinski definition) is 3. The van der Waals surface area contributed by atoms with E-state index in [2.05, 4.69) is 11.2 Å². The van der Waals surface area contributed by atoms with Crippen molar-refractivity contribution in [1.29, 1.82) is 0 Å². The third-order valence-corrected chi connectivity index (χ3v) is 0.803. The van der Waals surface area contributed by atoms with E-state index in [4.69, 9.17) is 5.11 Å². The van der Waals surface area contributed by atoms with Gasteiger partial charge in [-0.05, 0) is 0 Å². The van der Waals surface area contributed by atoms with Crippen LogP contribution in [0.2, 0.25) is 0 Å². The molecule has 0 bridgehead atoms. The van der Waals surface area contributed by atoms with Crippen LogP contribution in [-0.2, 0) is 4.79 Å². The van der Waals surface area contributed by atoms with Gasteiger partial charge < -0.3 is 5.11 Å². The van der Waals surface area contributed by atoms with Gasteiger partial charge in [-0.3, -0.25) is 9.79 Å². The summed E-state index contributed by atoms with van der Waals surface area (Å²) in [7, 11) is 0. The van der Waals surface area contributed by atoms with Gasteiger partial charge in [0.05, 0.1) is 18.8 Å². The van der Waals surface area contributed by atoms with Crippen molar-refractivity contribution >= 4 is 12.0 Å². The SMILES string of the molecule is O=C1C[C]=NC=C1O. The van der Waals surface area contributed by atoms with Crippen LogP contribution in [0, 0.1) is 0 Å². The van der Waals surface area contributed by atoms with E-state index < -0.39 is 0 Å². The van der Waals surface area contributed by atoms with Gasteiger partial charge in [0.25, 0.3) is 0 Å². The van der Waals surface area contributed by atoms with Gasteiger partial charge in [-0.15, -0.1) is 0 Å². The highest BCUT2D eigenvalue weighted by Gasteiger charge is 2.07. The lowest BCUT2D eigenvalue weighted by Gasteiger charge is -1.95. The number of allylic oxidation sites excluding steroid dienone is 1. The van der Waals surface area contributed by atoms with Crippen LogP contribution in [0.15, 0.2) is 17.0 Å². The summed E-state index contributed by atoms with van der Waals surface area (Å²) in [5, 5.41) is 8.56. The molecule has 0 atom stereocenters. The molecular formula is C5H4NO2. The number of aliphatic hydroxyl groups is 1.